The maximum Gasteiger partial charge on any atom is 0.573 e. The zero-order chi connectivity index (χ0) is 11.6. The molecule has 0 radical (unpaired) electrons. The fourth-order valence-corrected chi connectivity index (χ4v) is 0.990. The summed E-state index contributed by atoms with van der Waals surface area (Å²) in [5, 5.41) is 0. The Bertz CT molecular complexity index is 364. The van der Waals surface area contributed by atoms with Crippen LogP contribution in [0.4, 0.5) is 23.2 Å². The van der Waals surface area contributed by atoms with Gasteiger partial charge in [0.05, 0.1) is 5.69 Å². The Balaban J connectivity index is 3.11. The van der Waals surface area contributed by atoms with Gasteiger partial charge in [-0.25, -0.2) is 4.39 Å². The first kappa shape index (κ1) is 11.6. The van der Waals surface area contributed by atoms with E-state index < -0.39 is 23.6 Å². The Labute approximate surface area is 82.6 Å². The number of hydrogen-bond acceptors (Lipinski definition) is 3. The molecule has 0 aromatic heterocycles. The summed E-state index contributed by atoms with van der Waals surface area (Å²) < 4.78 is 52.2. The van der Waals surface area contributed by atoms with Crippen LogP contribution in [0.1, 0.15) is 5.56 Å². The van der Waals surface area contributed by atoms with Gasteiger partial charge >= 0.3 is 6.36 Å². The third-order valence-corrected chi connectivity index (χ3v) is 1.63. The van der Waals surface area contributed by atoms with E-state index in [1.807, 2.05) is 0 Å². The Hall–Kier alpha value is -1.50. The summed E-state index contributed by atoms with van der Waals surface area (Å²) in [5.41, 5.74) is 9.71. The van der Waals surface area contributed by atoms with Crippen LogP contribution in [0.3, 0.4) is 0 Å². The molecule has 1 rings (SSSR count). The molecule has 0 unspecified atom stereocenters. The van der Waals surface area contributed by atoms with E-state index in [9.17, 15) is 17.6 Å². The standard InChI is InChI=1S/C8H8F4N2O/c9-5-1-4(3-13)7(2-6(5)14)15-8(10,11)12/h1-2H,3,13-14H2. The van der Waals surface area contributed by atoms with Crippen LogP contribution < -0.4 is 16.2 Å². The van der Waals surface area contributed by atoms with Gasteiger partial charge in [-0.1, -0.05) is 0 Å². The molecule has 15 heavy (non-hydrogen) atoms. The SMILES string of the molecule is NCc1cc(F)c(N)cc1OC(F)(F)F. The number of benzene rings is 1. The molecular weight excluding hydrogens is 216 g/mol. The van der Waals surface area contributed by atoms with Gasteiger partial charge in [-0.15, -0.1) is 13.2 Å². The minimum Gasteiger partial charge on any atom is -0.405 e. The van der Waals surface area contributed by atoms with Crippen molar-refractivity contribution in [3.05, 3.63) is 23.5 Å². The van der Waals surface area contributed by atoms with Crippen molar-refractivity contribution < 1.29 is 22.3 Å². The average molecular weight is 224 g/mol. The first-order valence-electron chi connectivity index (χ1n) is 3.87. The quantitative estimate of drug-likeness (QED) is 0.594. The Morgan fingerprint density at radius 2 is 1.87 bits per heavy atom. The number of rotatable bonds is 2. The maximum atomic E-state index is 12.9. The molecule has 0 heterocycles. The van der Waals surface area contributed by atoms with E-state index >= 15 is 0 Å². The smallest absolute Gasteiger partial charge is 0.405 e. The second-order valence-electron chi connectivity index (χ2n) is 2.73. The van der Waals surface area contributed by atoms with Crippen LogP contribution in [-0.2, 0) is 6.54 Å². The van der Waals surface area contributed by atoms with Crippen molar-refractivity contribution >= 4 is 5.69 Å². The molecule has 0 fully saturated rings. The van der Waals surface area contributed by atoms with Crippen molar-refractivity contribution in [1.82, 2.24) is 0 Å². The van der Waals surface area contributed by atoms with Crippen LogP contribution in [-0.4, -0.2) is 6.36 Å². The lowest BCUT2D eigenvalue weighted by molar-refractivity contribution is -0.274. The average Bonchev–Trinajstić information content (AvgIpc) is 2.08. The van der Waals surface area contributed by atoms with Gasteiger partial charge in [-0.3, -0.25) is 0 Å². The molecule has 0 spiro atoms. The summed E-state index contributed by atoms with van der Waals surface area (Å²) >= 11 is 0. The fourth-order valence-electron chi connectivity index (χ4n) is 0.990. The number of halogens is 4. The van der Waals surface area contributed by atoms with Crippen LogP contribution in [0.2, 0.25) is 0 Å². The van der Waals surface area contributed by atoms with Gasteiger partial charge in [0.1, 0.15) is 11.6 Å². The molecule has 0 saturated carbocycles. The van der Waals surface area contributed by atoms with Crippen LogP contribution in [0.25, 0.3) is 0 Å². The van der Waals surface area contributed by atoms with Crippen LogP contribution >= 0.6 is 0 Å². The predicted molar refractivity (Wildman–Crippen MR) is 45.4 cm³/mol. The molecule has 0 aliphatic carbocycles. The minimum absolute atomic E-state index is 0.0981. The normalized spacial score (nSPS) is 11.5. The zero-order valence-electron chi connectivity index (χ0n) is 7.44. The first-order valence-corrected chi connectivity index (χ1v) is 3.87. The molecule has 84 valence electrons. The van der Waals surface area contributed by atoms with Crippen molar-refractivity contribution in [3.8, 4) is 5.75 Å². The van der Waals surface area contributed by atoms with Gasteiger partial charge in [0.15, 0.2) is 0 Å². The summed E-state index contributed by atoms with van der Waals surface area (Å²) in [4.78, 5) is 0. The highest BCUT2D eigenvalue weighted by Gasteiger charge is 2.32. The highest BCUT2D eigenvalue weighted by atomic mass is 19.4. The molecule has 1 aromatic carbocycles. The van der Waals surface area contributed by atoms with Gasteiger partial charge in [-0.2, -0.15) is 0 Å². The molecule has 4 N–H and O–H groups in total. The largest absolute Gasteiger partial charge is 0.573 e. The van der Waals surface area contributed by atoms with E-state index in [2.05, 4.69) is 4.74 Å². The Kier molecular flexibility index (Phi) is 3.04. The minimum atomic E-state index is -4.85. The monoisotopic (exact) mass is 224 g/mol. The highest BCUT2D eigenvalue weighted by molar-refractivity contribution is 5.49. The summed E-state index contributed by atoms with van der Waals surface area (Å²) in [6.07, 6.45) is -4.85. The van der Waals surface area contributed by atoms with Gasteiger partial charge in [-0.05, 0) is 6.07 Å². The molecule has 3 nitrogen and oxygen atoms in total. The highest BCUT2D eigenvalue weighted by Crippen LogP contribution is 2.29. The van der Waals surface area contributed by atoms with Crippen LogP contribution in [0, 0.1) is 5.82 Å². The number of nitrogen functional groups attached to an aromatic ring is 1. The molecule has 1 aromatic rings. The van der Waals surface area contributed by atoms with E-state index in [1.165, 1.54) is 0 Å². The van der Waals surface area contributed by atoms with E-state index in [1.54, 1.807) is 0 Å². The summed E-state index contributed by atoms with van der Waals surface area (Å²) in [5.74, 6) is -1.41. The Morgan fingerprint density at radius 3 is 2.33 bits per heavy atom. The van der Waals surface area contributed by atoms with Gasteiger partial charge in [0, 0.05) is 18.2 Å². The lowest BCUT2D eigenvalue weighted by Crippen LogP contribution is -2.19. The molecular formula is C8H8F4N2O. The zero-order valence-corrected chi connectivity index (χ0v) is 7.44. The van der Waals surface area contributed by atoms with Gasteiger partial charge < -0.3 is 16.2 Å². The van der Waals surface area contributed by atoms with Crippen molar-refractivity contribution in [2.24, 2.45) is 5.73 Å². The maximum absolute atomic E-state index is 12.9. The van der Waals surface area contributed by atoms with Crippen LogP contribution in [0.5, 0.6) is 5.75 Å². The molecule has 0 amide bonds. The molecule has 0 atom stereocenters. The van der Waals surface area contributed by atoms with E-state index in [0.717, 1.165) is 12.1 Å². The number of ether oxygens (including phenoxy) is 1. The summed E-state index contributed by atoms with van der Waals surface area (Å²) in [6, 6.07) is 1.57. The third kappa shape index (κ3) is 2.98. The summed E-state index contributed by atoms with van der Waals surface area (Å²) in [6.45, 7) is -0.275. The number of alkyl halides is 3. The van der Waals surface area contributed by atoms with E-state index in [0.29, 0.717) is 0 Å². The van der Waals surface area contributed by atoms with Crippen molar-refractivity contribution in [3.63, 3.8) is 0 Å². The van der Waals surface area contributed by atoms with E-state index in [-0.39, 0.29) is 12.1 Å². The third-order valence-electron chi connectivity index (χ3n) is 1.63. The second-order valence-corrected chi connectivity index (χ2v) is 2.73. The summed E-state index contributed by atoms with van der Waals surface area (Å²) in [7, 11) is 0. The predicted octanol–water partition coefficient (Wildman–Crippen LogP) is 1.77. The van der Waals surface area contributed by atoms with Gasteiger partial charge in [0.25, 0.3) is 0 Å². The van der Waals surface area contributed by atoms with Crippen molar-refractivity contribution in [2.75, 3.05) is 5.73 Å². The van der Waals surface area contributed by atoms with E-state index in [4.69, 9.17) is 11.5 Å². The lowest BCUT2D eigenvalue weighted by Gasteiger charge is -2.13. The van der Waals surface area contributed by atoms with Gasteiger partial charge in [0.2, 0.25) is 0 Å². The number of anilines is 1. The van der Waals surface area contributed by atoms with Crippen molar-refractivity contribution in [1.29, 1.82) is 0 Å². The molecule has 7 heteroatoms. The second kappa shape index (κ2) is 3.93. The first-order chi connectivity index (χ1) is 6.83. The van der Waals surface area contributed by atoms with Crippen LogP contribution in [0.15, 0.2) is 12.1 Å². The molecule has 0 aliphatic heterocycles. The molecule has 0 bridgehead atoms. The molecule has 0 saturated heterocycles. The fraction of sp³-hybridized carbons (Fsp3) is 0.250. The number of nitrogens with two attached hydrogens (primary N) is 2. The lowest BCUT2D eigenvalue weighted by atomic mass is 10.1. The van der Waals surface area contributed by atoms with Crippen molar-refractivity contribution in [2.45, 2.75) is 12.9 Å². The Morgan fingerprint density at radius 1 is 1.27 bits per heavy atom. The topological polar surface area (TPSA) is 61.3 Å². The molecule has 0 aliphatic rings. The number of hydrogen-bond donors (Lipinski definition) is 2.